The van der Waals surface area contributed by atoms with Gasteiger partial charge in [-0.1, -0.05) is 6.07 Å². The van der Waals surface area contributed by atoms with Crippen LogP contribution in [0.2, 0.25) is 0 Å². The Labute approximate surface area is 103 Å². The molecule has 0 radical (unpaired) electrons. The summed E-state index contributed by atoms with van der Waals surface area (Å²) in [5.41, 5.74) is 6.07. The Morgan fingerprint density at radius 1 is 1.18 bits per heavy atom. The Bertz CT molecular complexity index is 414. The zero-order valence-corrected chi connectivity index (χ0v) is 11.1. The van der Waals surface area contributed by atoms with Gasteiger partial charge in [-0.15, -0.1) is 0 Å². The Kier molecular flexibility index (Phi) is 4.52. The van der Waals surface area contributed by atoms with Gasteiger partial charge in [-0.25, -0.2) is 5.01 Å². The number of amides is 1. The molecule has 0 saturated heterocycles. The molecular weight excluding hydrogens is 216 g/mol. The van der Waals surface area contributed by atoms with E-state index in [0.717, 1.165) is 11.3 Å². The minimum atomic E-state index is -0.160. The predicted molar refractivity (Wildman–Crippen MR) is 68.0 cm³/mol. The lowest BCUT2D eigenvalue weighted by Crippen LogP contribution is -2.39. The van der Waals surface area contributed by atoms with E-state index in [-0.39, 0.29) is 12.5 Å². The van der Waals surface area contributed by atoms with Crippen molar-refractivity contribution in [2.45, 2.75) is 20.8 Å². The number of rotatable bonds is 4. The first-order chi connectivity index (χ1) is 7.90. The molecule has 1 aromatic rings. The number of hydrazine groups is 1. The summed E-state index contributed by atoms with van der Waals surface area (Å²) >= 11 is 0. The van der Waals surface area contributed by atoms with Crippen LogP contribution in [0.4, 0.5) is 0 Å². The highest BCUT2D eigenvalue weighted by atomic mass is 16.5. The summed E-state index contributed by atoms with van der Waals surface area (Å²) in [6.45, 7) is 6.10. The second kappa shape index (κ2) is 5.68. The summed E-state index contributed by atoms with van der Waals surface area (Å²) in [6, 6.07) is 4.03. The van der Waals surface area contributed by atoms with E-state index in [1.807, 2.05) is 19.9 Å². The monoisotopic (exact) mass is 236 g/mol. The minimum Gasteiger partial charge on any atom is -0.483 e. The summed E-state index contributed by atoms with van der Waals surface area (Å²) in [5, 5.41) is 1.60. The molecule has 0 fully saturated rings. The molecule has 0 aromatic heterocycles. The summed E-state index contributed by atoms with van der Waals surface area (Å²) in [6.07, 6.45) is 0. The molecule has 0 aliphatic carbocycles. The predicted octanol–water partition coefficient (Wildman–Crippen LogP) is 1.58. The van der Waals surface area contributed by atoms with Gasteiger partial charge in [0.2, 0.25) is 0 Å². The van der Waals surface area contributed by atoms with E-state index in [1.54, 1.807) is 19.1 Å². The first-order valence-electron chi connectivity index (χ1n) is 5.57. The third kappa shape index (κ3) is 4.07. The number of aryl methyl sites for hydroxylation is 3. The number of carbonyl (C=O) groups excluding carboxylic acids is 1. The average Bonchev–Trinajstić information content (AvgIpc) is 2.20. The van der Waals surface area contributed by atoms with Gasteiger partial charge in [0.25, 0.3) is 5.91 Å². The number of ether oxygens (including phenoxy) is 1. The van der Waals surface area contributed by atoms with Crippen molar-refractivity contribution in [1.82, 2.24) is 10.4 Å². The lowest BCUT2D eigenvalue weighted by atomic mass is 10.1. The first-order valence-corrected chi connectivity index (χ1v) is 5.57. The van der Waals surface area contributed by atoms with Crippen LogP contribution in [0.15, 0.2) is 12.1 Å². The molecular formula is C13H20N2O2. The van der Waals surface area contributed by atoms with Crippen LogP contribution in [-0.2, 0) is 4.79 Å². The van der Waals surface area contributed by atoms with Gasteiger partial charge in [0.1, 0.15) is 5.75 Å². The summed E-state index contributed by atoms with van der Waals surface area (Å²) in [5.74, 6) is 0.606. The van der Waals surface area contributed by atoms with Crippen molar-refractivity contribution in [3.8, 4) is 5.75 Å². The standard InChI is InChI=1S/C13H20N2O2/c1-9-6-11(3)12(7-10(9)2)17-8-13(16)14-15(4)5/h6-7H,8H2,1-5H3,(H,14,16). The molecule has 1 N–H and O–H groups in total. The van der Waals surface area contributed by atoms with Gasteiger partial charge in [0.15, 0.2) is 6.61 Å². The SMILES string of the molecule is Cc1cc(C)c(OCC(=O)NN(C)C)cc1C. The fourth-order valence-corrected chi connectivity index (χ4v) is 1.51. The van der Waals surface area contributed by atoms with E-state index >= 15 is 0 Å². The normalized spacial score (nSPS) is 10.5. The van der Waals surface area contributed by atoms with Crippen LogP contribution in [0.1, 0.15) is 16.7 Å². The van der Waals surface area contributed by atoms with Gasteiger partial charge in [-0.05, 0) is 43.5 Å². The van der Waals surface area contributed by atoms with Gasteiger partial charge >= 0.3 is 0 Å². The zero-order chi connectivity index (χ0) is 13.0. The molecule has 17 heavy (non-hydrogen) atoms. The van der Waals surface area contributed by atoms with Gasteiger partial charge < -0.3 is 4.74 Å². The Morgan fingerprint density at radius 3 is 2.35 bits per heavy atom. The zero-order valence-electron chi connectivity index (χ0n) is 11.1. The van der Waals surface area contributed by atoms with E-state index in [4.69, 9.17) is 4.74 Å². The fourth-order valence-electron chi connectivity index (χ4n) is 1.51. The fraction of sp³-hybridized carbons (Fsp3) is 0.462. The third-order valence-electron chi connectivity index (χ3n) is 2.50. The van der Waals surface area contributed by atoms with Crippen molar-refractivity contribution in [2.24, 2.45) is 0 Å². The highest BCUT2D eigenvalue weighted by Crippen LogP contribution is 2.22. The number of hydrogen-bond acceptors (Lipinski definition) is 3. The van der Waals surface area contributed by atoms with Crippen LogP contribution < -0.4 is 10.2 Å². The highest BCUT2D eigenvalue weighted by Gasteiger charge is 2.06. The van der Waals surface area contributed by atoms with Gasteiger partial charge in [-0.2, -0.15) is 0 Å². The third-order valence-corrected chi connectivity index (χ3v) is 2.50. The van der Waals surface area contributed by atoms with Crippen LogP contribution in [0.3, 0.4) is 0 Å². The maximum absolute atomic E-state index is 11.4. The number of carbonyl (C=O) groups is 1. The van der Waals surface area contributed by atoms with Crippen molar-refractivity contribution in [1.29, 1.82) is 0 Å². The molecule has 4 heteroatoms. The van der Waals surface area contributed by atoms with E-state index in [9.17, 15) is 4.79 Å². The summed E-state index contributed by atoms with van der Waals surface area (Å²) < 4.78 is 5.50. The van der Waals surface area contributed by atoms with Crippen LogP contribution in [-0.4, -0.2) is 31.6 Å². The number of nitrogens with one attached hydrogen (secondary N) is 1. The number of hydrogen-bond donors (Lipinski definition) is 1. The van der Waals surface area contributed by atoms with E-state index in [1.165, 1.54) is 11.1 Å². The molecule has 0 unspecified atom stereocenters. The molecule has 0 heterocycles. The minimum absolute atomic E-state index is 0.0293. The number of benzene rings is 1. The van der Waals surface area contributed by atoms with E-state index in [0.29, 0.717) is 0 Å². The molecule has 0 aliphatic heterocycles. The molecule has 0 saturated carbocycles. The molecule has 0 aliphatic rings. The van der Waals surface area contributed by atoms with Crippen molar-refractivity contribution in [3.63, 3.8) is 0 Å². The second-order valence-corrected chi connectivity index (χ2v) is 4.42. The highest BCUT2D eigenvalue weighted by molar-refractivity contribution is 5.77. The Hall–Kier alpha value is -1.55. The average molecular weight is 236 g/mol. The molecule has 1 rings (SSSR count). The molecule has 0 bridgehead atoms. The van der Waals surface area contributed by atoms with Crippen molar-refractivity contribution < 1.29 is 9.53 Å². The first kappa shape index (κ1) is 13.5. The van der Waals surface area contributed by atoms with Gasteiger partial charge in [0, 0.05) is 14.1 Å². The maximum atomic E-state index is 11.4. The molecule has 1 amide bonds. The van der Waals surface area contributed by atoms with Crippen LogP contribution in [0.5, 0.6) is 5.75 Å². The van der Waals surface area contributed by atoms with Crippen LogP contribution >= 0.6 is 0 Å². The lowest BCUT2D eigenvalue weighted by Gasteiger charge is -2.14. The second-order valence-electron chi connectivity index (χ2n) is 4.42. The Balaban J connectivity index is 2.63. The summed E-state index contributed by atoms with van der Waals surface area (Å²) in [4.78, 5) is 11.4. The van der Waals surface area contributed by atoms with E-state index in [2.05, 4.69) is 18.4 Å². The molecule has 0 spiro atoms. The maximum Gasteiger partial charge on any atom is 0.272 e. The number of nitrogens with zero attached hydrogens (tertiary/aromatic N) is 1. The van der Waals surface area contributed by atoms with Gasteiger partial charge in [-0.3, -0.25) is 10.2 Å². The molecule has 1 aromatic carbocycles. The van der Waals surface area contributed by atoms with Gasteiger partial charge in [0.05, 0.1) is 0 Å². The smallest absolute Gasteiger partial charge is 0.272 e. The quantitative estimate of drug-likeness (QED) is 0.807. The molecule has 94 valence electrons. The topological polar surface area (TPSA) is 41.6 Å². The van der Waals surface area contributed by atoms with E-state index < -0.39 is 0 Å². The lowest BCUT2D eigenvalue weighted by molar-refractivity contribution is -0.126. The molecule has 4 nitrogen and oxygen atoms in total. The van der Waals surface area contributed by atoms with Crippen LogP contribution in [0, 0.1) is 20.8 Å². The largest absolute Gasteiger partial charge is 0.483 e. The van der Waals surface area contributed by atoms with Crippen molar-refractivity contribution in [3.05, 3.63) is 28.8 Å². The van der Waals surface area contributed by atoms with Crippen molar-refractivity contribution >= 4 is 5.91 Å². The molecule has 0 atom stereocenters. The Morgan fingerprint density at radius 2 is 1.76 bits per heavy atom. The summed E-state index contributed by atoms with van der Waals surface area (Å²) in [7, 11) is 3.53. The van der Waals surface area contributed by atoms with Crippen LogP contribution in [0.25, 0.3) is 0 Å². The van der Waals surface area contributed by atoms with Crippen molar-refractivity contribution in [2.75, 3.05) is 20.7 Å².